The summed E-state index contributed by atoms with van der Waals surface area (Å²) in [4.78, 5) is 13.0. The number of furan rings is 1. The third kappa shape index (κ3) is 2.85. The summed E-state index contributed by atoms with van der Waals surface area (Å²) in [5, 5.41) is 8.74. The first-order valence-electron chi connectivity index (χ1n) is 5.79. The topological polar surface area (TPSA) is 53.7 Å². The average Bonchev–Trinajstić information content (AvgIpc) is 2.56. The molecule has 0 saturated carbocycles. The highest BCUT2D eigenvalue weighted by atomic mass is 16.4. The van der Waals surface area contributed by atoms with Crippen molar-refractivity contribution in [3.8, 4) is 0 Å². The van der Waals surface area contributed by atoms with Gasteiger partial charge in [-0.1, -0.05) is 12.8 Å². The molecule has 88 valence electrons. The standard InChI is InChI=1S/C12H17NO3/c14-12(15)11-7-10(9-16-11)8-13-5-3-1-2-4-6-13/h7,9H,1-6,8H2,(H,14,15). The van der Waals surface area contributed by atoms with Gasteiger partial charge in [0.1, 0.15) is 0 Å². The molecule has 0 amide bonds. The summed E-state index contributed by atoms with van der Waals surface area (Å²) in [5.74, 6) is -0.966. The van der Waals surface area contributed by atoms with Gasteiger partial charge in [-0.05, 0) is 32.0 Å². The Kier molecular flexibility index (Phi) is 3.62. The number of hydrogen-bond donors (Lipinski definition) is 1. The lowest BCUT2D eigenvalue weighted by atomic mass is 10.2. The summed E-state index contributed by atoms with van der Waals surface area (Å²) in [6, 6.07) is 1.62. The van der Waals surface area contributed by atoms with Gasteiger partial charge < -0.3 is 9.52 Å². The Bertz CT molecular complexity index is 351. The van der Waals surface area contributed by atoms with Crippen molar-refractivity contribution in [1.29, 1.82) is 0 Å². The second-order valence-electron chi connectivity index (χ2n) is 4.31. The Morgan fingerprint density at radius 2 is 2.00 bits per heavy atom. The molecule has 2 rings (SSSR count). The quantitative estimate of drug-likeness (QED) is 0.854. The molecule has 16 heavy (non-hydrogen) atoms. The fourth-order valence-corrected chi connectivity index (χ4v) is 2.12. The van der Waals surface area contributed by atoms with Crippen molar-refractivity contribution in [2.75, 3.05) is 13.1 Å². The first-order chi connectivity index (χ1) is 7.75. The molecule has 0 spiro atoms. The first-order valence-corrected chi connectivity index (χ1v) is 5.79. The maximum atomic E-state index is 10.7. The van der Waals surface area contributed by atoms with E-state index in [1.165, 1.54) is 25.7 Å². The Morgan fingerprint density at radius 3 is 2.56 bits per heavy atom. The van der Waals surface area contributed by atoms with Crippen LogP contribution in [0.3, 0.4) is 0 Å². The second-order valence-corrected chi connectivity index (χ2v) is 4.31. The summed E-state index contributed by atoms with van der Waals surface area (Å²) in [6.45, 7) is 3.01. The molecular formula is C12H17NO3. The van der Waals surface area contributed by atoms with Crippen LogP contribution < -0.4 is 0 Å². The predicted octanol–water partition coefficient (Wildman–Crippen LogP) is 2.35. The lowest BCUT2D eigenvalue weighted by Gasteiger charge is -2.18. The van der Waals surface area contributed by atoms with Crippen LogP contribution in [0.25, 0.3) is 0 Å². The van der Waals surface area contributed by atoms with Crippen LogP contribution in [0.5, 0.6) is 0 Å². The zero-order valence-electron chi connectivity index (χ0n) is 9.32. The van der Waals surface area contributed by atoms with Crippen molar-refractivity contribution in [3.05, 3.63) is 23.7 Å². The van der Waals surface area contributed by atoms with Crippen LogP contribution in [-0.4, -0.2) is 29.1 Å². The van der Waals surface area contributed by atoms with E-state index in [0.29, 0.717) is 0 Å². The van der Waals surface area contributed by atoms with Gasteiger partial charge in [0.2, 0.25) is 5.76 Å². The molecular weight excluding hydrogens is 206 g/mol. The molecule has 0 bridgehead atoms. The van der Waals surface area contributed by atoms with Gasteiger partial charge in [-0.25, -0.2) is 4.79 Å². The SMILES string of the molecule is O=C(O)c1cc(CN2CCCCCC2)co1. The number of carbonyl (C=O) groups is 1. The summed E-state index contributed by atoms with van der Waals surface area (Å²) in [6.07, 6.45) is 6.64. The van der Waals surface area contributed by atoms with Crippen molar-refractivity contribution >= 4 is 5.97 Å². The predicted molar refractivity (Wildman–Crippen MR) is 59.4 cm³/mol. The van der Waals surface area contributed by atoms with E-state index in [-0.39, 0.29) is 5.76 Å². The average molecular weight is 223 g/mol. The minimum Gasteiger partial charge on any atom is -0.475 e. The van der Waals surface area contributed by atoms with Gasteiger partial charge in [-0.2, -0.15) is 0 Å². The molecule has 1 fully saturated rings. The van der Waals surface area contributed by atoms with E-state index >= 15 is 0 Å². The van der Waals surface area contributed by atoms with Gasteiger partial charge in [-0.15, -0.1) is 0 Å². The summed E-state index contributed by atoms with van der Waals surface area (Å²) in [5.41, 5.74) is 0.958. The van der Waals surface area contributed by atoms with Crippen LogP contribution in [0.2, 0.25) is 0 Å². The molecule has 0 aliphatic carbocycles. The minimum absolute atomic E-state index is 0.0322. The molecule has 0 aromatic carbocycles. The number of carboxylic acids is 1. The molecule has 1 saturated heterocycles. The van der Waals surface area contributed by atoms with E-state index in [9.17, 15) is 4.79 Å². The van der Waals surface area contributed by atoms with Crippen molar-refractivity contribution in [3.63, 3.8) is 0 Å². The van der Waals surface area contributed by atoms with Gasteiger partial charge in [0, 0.05) is 12.1 Å². The Hall–Kier alpha value is -1.29. The molecule has 0 atom stereocenters. The molecule has 1 aliphatic rings. The number of carboxylic acid groups (broad SMARTS) is 1. The molecule has 4 nitrogen and oxygen atoms in total. The van der Waals surface area contributed by atoms with E-state index in [4.69, 9.17) is 9.52 Å². The zero-order valence-corrected chi connectivity index (χ0v) is 9.32. The van der Waals surface area contributed by atoms with Crippen molar-refractivity contribution in [2.24, 2.45) is 0 Å². The van der Waals surface area contributed by atoms with Gasteiger partial charge in [0.25, 0.3) is 0 Å². The largest absolute Gasteiger partial charge is 0.475 e. The molecule has 0 radical (unpaired) electrons. The minimum atomic E-state index is -0.998. The van der Waals surface area contributed by atoms with Crippen LogP contribution in [-0.2, 0) is 6.54 Å². The molecule has 1 aromatic rings. The third-order valence-electron chi connectivity index (χ3n) is 2.97. The van der Waals surface area contributed by atoms with Gasteiger partial charge >= 0.3 is 5.97 Å². The third-order valence-corrected chi connectivity index (χ3v) is 2.97. The fourth-order valence-electron chi connectivity index (χ4n) is 2.12. The molecule has 1 N–H and O–H groups in total. The Balaban J connectivity index is 1.94. The highest BCUT2D eigenvalue weighted by Crippen LogP contribution is 2.15. The maximum Gasteiger partial charge on any atom is 0.371 e. The molecule has 0 unspecified atom stereocenters. The van der Waals surface area contributed by atoms with E-state index in [2.05, 4.69) is 4.90 Å². The molecule has 1 aliphatic heterocycles. The van der Waals surface area contributed by atoms with E-state index < -0.39 is 5.97 Å². The van der Waals surface area contributed by atoms with Crippen LogP contribution in [0.15, 0.2) is 16.7 Å². The van der Waals surface area contributed by atoms with E-state index in [1.807, 2.05) is 0 Å². The molecule has 4 heteroatoms. The van der Waals surface area contributed by atoms with Gasteiger partial charge in [0.15, 0.2) is 0 Å². The number of rotatable bonds is 3. The number of aromatic carboxylic acids is 1. The first kappa shape index (κ1) is 11.2. The van der Waals surface area contributed by atoms with E-state index in [0.717, 1.165) is 25.2 Å². The molecule has 1 aromatic heterocycles. The summed E-state index contributed by atoms with van der Waals surface area (Å²) < 4.78 is 4.97. The van der Waals surface area contributed by atoms with Gasteiger partial charge in [-0.3, -0.25) is 4.90 Å². The number of hydrogen-bond acceptors (Lipinski definition) is 3. The highest BCUT2D eigenvalue weighted by molar-refractivity contribution is 5.84. The Labute approximate surface area is 94.9 Å². The van der Waals surface area contributed by atoms with Crippen LogP contribution in [0, 0.1) is 0 Å². The van der Waals surface area contributed by atoms with Crippen molar-refractivity contribution in [2.45, 2.75) is 32.2 Å². The fraction of sp³-hybridized carbons (Fsp3) is 0.583. The maximum absolute atomic E-state index is 10.7. The zero-order chi connectivity index (χ0) is 11.4. The van der Waals surface area contributed by atoms with Crippen molar-refractivity contribution in [1.82, 2.24) is 4.90 Å². The normalized spacial score (nSPS) is 18.2. The van der Waals surface area contributed by atoms with Crippen molar-refractivity contribution < 1.29 is 14.3 Å². The second kappa shape index (κ2) is 5.16. The smallest absolute Gasteiger partial charge is 0.371 e. The van der Waals surface area contributed by atoms with Crippen LogP contribution in [0.1, 0.15) is 41.8 Å². The number of likely N-dealkylation sites (tertiary alicyclic amines) is 1. The number of nitrogens with zero attached hydrogens (tertiary/aromatic N) is 1. The molecule has 2 heterocycles. The van der Waals surface area contributed by atoms with Crippen LogP contribution >= 0.6 is 0 Å². The highest BCUT2D eigenvalue weighted by Gasteiger charge is 2.13. The summed E-state index contributed by atoms with van der Waals surface area (Å²) >= 11 is 0. The summed E-state index contributed by atoms with van der Waals surface area (Å²) in [7, 11) is 0. The van der Waals surface area contributed by atoms with Crippen LogP contribution in [0.4, 0.5) is 0 Å². The lowest BCUT2D eigenvalue weighted by Crippen LogP contribution is -2.23. The van der Waals surface area contributed by atoms with Gasteiger partial charge in [0.05, 0.1) is 6.26 Å². The lowest BCUT2D eigenvalue weighted by molar-refractivity contribution is 0.0662. The Morgan fingerprint density at radius 1 is 1.31 bits per heavy atom. The monoisotopic (exact) mass is 223 g/mol. The van der Waals surface area contributed by atoms with E-state index in [1.54, 1.807) is 12.3 Å².